The van der Waals surface area contributed by atoms with Crippen molar-refractivity contribution in [2.24, 2.45) is 0 Å². The predicted molar refractivity (Wildman–Crippen MR) is 110 cm³/mol. The molecule has 0 saturated carbocycles. The van der Waals surface area contributed by atoms with Gasteiger partial charge in [-0.2, -0.15) is 5.10 Å². The van der Waals surface area contributed by atoms with Gasteiger partial charge >= 0.3 is 6.03 Å². The number of rotatable bonds is 7. The van der Waals surface area contributed by atoms with Crippen molar-refractivity contribution >= 4 is 17.6 Å². The molecule has 3 aromatic rings. The minimum atomic E-state index is -0.344. The number of benzene rings is 2. The molecule has 0 spiro atoms. The van der Waals surface area contributed by atoms with E-state index in [9.17, 15) is 9.59 Å². The molecular weight excluding hydrogens is 368 g/mol. The number of anilines is 1. The third-order valence-corrected chi connectivity index (χ3v) is 4.13. The van der Waals surface area contributed by atoms with E-state index in [2.05, 4.69) is 26.0 Å². The molecule has 0 radical (unpaired) electrons. The number of nitrogens with zero attached hydrogens (tertiary/aromatic N) is 3. The zero-order valence-electron chi connectivity index (χ0n) is 16.4. The van der Waals surface area contributed by atoms with Gasteiger partial charge in [-0.1, -0.05) is 36.4 Å². The maximum Gasteiger partial charge on any atom is 0.319 e. The van der Waals surface area contributed by atoms with Crippen LogP contribution in [0.2, 0.25) is 0 Å². The maximum absolute atomic E-state index is 12.6. The molecule has 0 unspecified atom stereocenters. The third-order valence-electron chi connectivity index (χ3n) is 4.13. The third kappa shape index (κ3) is 5.90. The Kier molecular flexibility index (Phi) is 6.57. The van der Waals surface area contributed by atoms with E-state index in [0.29, 0.717) is 24.3 Å². The van der Waals surface area contributed by atoms with Crippen molar-refractivity contribution < 1.29 is 9.59 Å². The zero-order valence-corrected chi connectivity index (χ0v) is 16.4. The number of nitrogens with one attached hydrogen (secondary N) is 3. The van der Waals surface area contributed by atoms with Crippen molar-refractivity contribution in [3.63, 3.8) is 0 Å². The van der Waals surface area contributed by atoms with Crippen LogP contribution >= 0.6 is 0 Å². The van der Waals surface area contributed by atoms with Crippen LogP contribution in [0.1, 0.15) is 35.3 Å². The van der Waals surface area contributed by atoms with Crippen molar-refractivity contribution in [3.05, 3.63) is 77.9 Å². The number of amides is 3. The first-order valence-electron chi connectivity index (χ1n) is 9.36. The van der Waals surface area contributed by atoms with E-state index >= 15 is 0 Å². The molecule has 3 N–H and O–H groups in total. The highest BCUT2D eigenvalue weighted by Gasteiger charge is 2.13. The molecule has 2 aromatic carbocycles. The van der Waals surface area contributed by atoms with Crippen LogP contribution in [0.3, 0.4) is 0 Å². The molecule has 8 nitrogen and oxygen atoms in total. The average molecular weight is 392 g/mol. The Morgan fingerprint density at radius 3 is 2.45 bits per heavy atom. The van der Waals surface area contributed by atoms with Gasteiger partial charge in [-0.05, 0) is 37.1 Å². The summed E-state index contributed by atoms with van der Waals surface area (Å²) in [5.74, 6) is -0.253. The second kappa shape index (κ2) is 9.50. The second-order valence-electron chi connectivity index (χ2n) is 6.89. The van der Waals surface area contributed by atoms with E-state index in [1.54, 1.807) is 35.3 Å². The Balaban J connectivity index is 1.58. The fraction of sp³-hybridized carbons (Fsp3) is 0.238. The lowest BCUT2D eigenvalue weighted by atomic mass is 10.1. The van der Waals surface area contributed by atoms with Crippen LogP contribution in [0, 0.1) is 0 Å². The maximum atomic E-state index is 12.6. The van der Waals surface area contributed by atoms with Gasteiger partial charge in [0.15, 0.2) is 0 Å². The number of para-hydroxylation sites is 1. The van der Waals surface area contributed by atoms with E-state index < -0.39 is 0 Å². The van der Waals surface area contributed by atoms with Crippen LogP contribution in [0.15, 0.2) is 61.2 Å². The Morgan fingerprint density at radius 1 is 1.03 bits per heavy atom. The van der Waals surface area contributed by atoms with Gasteiger partial charge in [0.2, 0.25) is 0 Å². The lowest BCUT2D eigenvalue weighted by molar-refractivity contribution is 0.0952. The highest BCUT2D eigenvalue weighted by molar-refractivity contribution is 6.03. The van der Waals surface area contributed by atoms with Crippen molar-refractivity contribution in [1.82, 2.24) is 25.4 Å². The molecule has 29 heavy (non-hydrogen) atoms. The molecule has 0 aliphatic rings. The summed E-state index contributed by atoms with van der Waals surface area (Å²) in [5.41, 5.74) is 2.94. The highest BCUT2D eigenvalue weighted by Crippen LogP contribution is 2.15. The Hall–Kier alpha value is -3.68. The van der Waals surface area contributed by atoms with E-state index in [-0.39, 0.29) is 18.0 Å². The Bertz CT molecular complexity index is 952. The summed E-state index contributed by atoms with van der Waals surface area (Å²) in [5, 5.41) is 12.5. The van der Waals surface area contributed by atoms with E-state index in [1.807, 2.05) is 38.1 Å². The fourth-order valence-corrected chi connectivity index (χ4v) is 2.75. The largest absolute Gasteiger partial charge is 0.348 e. The lowest BCUT2D eigenvalue weighted by Crippen LogP contribution is -2.35. The molecule has 0 bridgehead atoms. The number of aromatic nitrogens is 3. The first kappa shape index (κ1) is 20.1. The molecule has 8 heteroatoms. The summed E-state index contributed by atoms with van der Waals surface area (Å²) in [6.07, 6.45) is 3.17. The van der Waals surface area contributed by atoms with E-state index in [0.717, 1.165) is 11.1 Å². The van der Waals surface area contributed by atoms with Crippen molar-refractivity contribution in [3.8, 4) is 0 Å². The van der Waals surface area contributed by atoms with E-state index in [1.165, 1.54) is 6.33 Å². The van der Waals surface area contributed by atoms with Crippen LogP contribution in [0.4, 0.5) is 10.5 Å². The number of urea groups is 1. The molecule has 3 amide bonds. The molecule has 1 heterocycles. The molecule has 1 aromatic heterocycles. The number of carbonyl (C=O) groups is 2. The summed E-state index contributed by atoms with van der Waals surface area (Å²) in [6, 6.07) is 14.5. The van der Waals surface area contributed by atoms with Crippen molar-refractivity contribution in [2.75, 3.05) is 5.32 Å². The van der Waals surface area contributed by atoms with Gasteiger partial charge in [0.1, 0.15) is 12.7 Å². The van der Waals surface area contributed by atoms with Gasteiger partial charge in [0.05, 0.1) is 17.8 Å². The van der Waals surface area contributed by atoms with Crippen LogP contribution in [0.5, 0.6) is 0 Å². The van der Waals surface area contributed by atoms with Crippen LogP contribution in [-0.4, -0.2) is 32.7 Å². The first-order chi connectivity index (χ1) is 14.0. The molecule has 0 aliphatic carbocycles. The van der Waals surface area contributed by atoms with Gasteiger partial charge in [0.25, 0.3) is 5.91 Å². The average Bonchev–Trinajstić information content (AvgIpc) is 3.20. The molecular formula is C21H24N6O2. The predicted octanol–water partition coefficient (Wildman–Crippen LogP) is 2.79. The number of hydrogen-bond acceptors (Lipinski definition) is 4. The second-order valence-corrected chi connectivity index (χ2v) is 6.89. The van der Waals surface area contributed by atoms with Crippen molar-refractivity contribution in [2.45, 2.75) is 33.0 Å². The number of hydrogen-bond donors (Lipinski definition) is 3. The smallest absolute Gasteiger partial charge is 0.319 e. The zero-order chi connectivity index (χ0) is 20.6. The first-order valence-corrected chi connectivity index (χ1v) is 9.36. The number of carbonyl (C=O) groups excluding carboxylic acids is 2. The Morgan fingerprint density at radius 2 is 1.76 bits per heavy atom. The highest BCUT2D eigenvalue weighted by atomic mass is 16.2. The summed E-state index contributed by atoms with van der Waals surface area (Å²) in [4.78, 5) is 28.5. The molecule has 150 valence electrons. The monoisotopic (exact) mass is 392 g/mol. The molecule has 3 rings (SSSR count). The van der Waals surface area contributed by atoms with Gasteiger partial charge in [-0.3, -0.25) is 4.79 Å². The normalized spacial score (nSPS) is 10.6. The quantitative estimate of drug-likeness (QED) is 0.575. The standard InChI is InChI=1S/C21H24N6O2/c1-15(2)25-21(29)26-19-6-4-3-5-18(19)20(28)23-11-16-7-9-17(10-8-16)12-27-14-22-13-24-27/h3-10,13-15H,11-12H2,1-2H3,(H,23,28)(H2,25,26,29). The summed E-state index contributed by atoms with van der Waals surface area (Å²) < 4.78 is 1.75. The molecule has 0 saturated heterocycles. The van der Waals surface area contributed by atoms with Crippen LogP contribution in [0.25, 0.3) is 0 Å². The van der Waals surface area contributed by atoms with Gasteiger partial charge in [-0.15, -0.1) is 0 Å². The topological polar surface area (TPSA) is 101 Å². The SMILES string of the molecule is CC(C)NC(=O)Nc1ccccc1C(=O)NCc1ccc(Cn2cncn2)cc1. The van der Waals surface area contributed by atoms with Gasteiger partial charge in [0, 0.05) is 12.6 Å². The minimum Gasteiger partial charge on any atom is -0.348 e. The molecule has 0 atom stereocenters. The van der Waals surface area contributed by atoms with Crippen LogP contribution < -0.4 is 16.0 Å². The van der Waals surface area contributed by atoms with Crippen LogP contribution in [-0.2, 0) is 13.1 Å². The fourth-order valence-electron chi connectivity index (χ4n) is 2.75. The van der Waals surface area contributed by atoms with Gasteiger partial charge < -0.3 is 16.0 Å². The summed E-state index contributed by atoms with van der Waals surface area (Å²) in [6.45, 7) is 4.77. The Labute approximate surface area is 169 Å². The lowest BCUT2D eigenvalue weighted by Gasteiger charge is -2.13. The summed E-state index contributed by atoms with van der Waals surface area (Å²) >= 11 is 0. The molecule has 0 fully saturated rings. The van der Waals surface area contributed by atoms with Crippen molar-refractivity contribution in [1.29, 1.82) is 0 Å². The van der Waals surface area contributed by atoms with E-state index in [4.69, 9.17) is 0 Å². The van der Waals surface area contributed by atoms with Gasteiger partial charge in [-0.25, -0.2) is 14.5 Å². The molecule has 0 aliphatic heterocycles. The summed E-state index contributed by atoms with van der Waals surface area (Å²) in [7, 11) is 0. The minimum absolute atomic E-state index is 0.00326.